The molecule has 1 atom stereocenters. The molecular formula is C16H26N2O2. The van der Waals surface area contributed by atoms with E-state index in [4.69, 9.17) is 10.5 Å². The summed E-state index contributed by atoms with van der Waals surface area (Å²) in [5.41, 5.74) is 6.83. The van der Waals surface area contributed by atoms with Gasteiger partial charge >= 0.3 is 0 Å². The molecule has 1 unspecified atom stereocenters. The Hall–Kier alpha value is -1.39. The van der Waals surface area contributed by atoms with Crippen LogP contribution in [0.15, 0.2) is 24.3 Å². The lowest BCUT2D eigenvalue weighted by atomic mass is 9.85. The molecule has 0 heterocycles. The third kappa shape index (κ3) is 3.58. The van der Waals surface area contributed by atoms with Gasteiger partial charge < -0.3 is 15.8 Å². The molecule has 0 radical (unpaired) electrons. The van der Waals surface area contributed by atoms with Crippen LogP contribution in [0.25, 0.3) is 0 Å². The van der Waals surface area contributed by atoms with Gasteiger partial charge in [-0.05, 0) is 31.0 Å². The molecule has 0 fully saturated rings. The highest BCUT2D eigenvalue weighted by molar-refractivity contribution is 5.97. The van der Waals surface area contributed by atoms with Crippen molar-refractivity contribution in [2.45, 2.75) is 45.1 Å². The number of hydrogen-bond acceptors (Lipinski definition) is 3. The summed E-state index contributed by atoms with van der Waals surface area (Å²) in [5, 5.41) is 2.89. The molecule has 3 N–H and O–H groups in total. The normalized spacial score (nSPS) is 14.7. The van der Waals surface area contributed by atoms with Crippen molar-refractivity contribution in [1.29, 1.82) is 0 Å². The van der Waals surface area contributed by atoms with Crippen LogP contribution in [0.1, 0.15) is 39.7 Å². The highest BCUT2D eigenvalue weighted by atomic mass is 16.5. The predicted molar refractivity (Wildman–Crippen MR) is 82.9 cm³/mol. The van der Waals surface area contributed by atoms with Gasteiger partial charge in [0.2, 0.25) is 0 Å². The number of nitrogens with two attached hydrogens (primary N) is 1. The van der Waals surface area contributed by atoms with E-state index < -0.39 is 5.60 Å². The van der Waals surface area contributed by atoms with Crippen LogP contribution >= 0.6 is 0 Å². The summed E-state index contributed by atoms with van der Waals surface area (Å²) in [6.07, 6.45) is 0.619. The fourth-order valence-electron chi connectivity index (χ4n) is 1.78. The Morgan fingerprint density at radius 3 is 2.20 bits per heavy atom. The van der Waals surface area contributed by atoms with Crippen LogP contribution in [0, 0.1) is 0 Å². The summed E-state index contributed by atoms with van der Waals surface area (Å²) in [4.78, 5) is 12.2. The van der Waals surface area contributed by atoms with Crippen molar-refractivity contribution < 1.29 is 9.53 Å². The van der Waals surface area contributed by atoms with Crippen LogP contribution < -0.4 is 11.1 Å². The predicted octanol–water partition coefficient (Wildman–Crippen LogP) is 2.68. The van der Waals surface area contributed by atoms with Crippen molar-refractivity contribution >= 4 is 11.6 Å². The van der Waals surface area contributed by atoms with Crippen molar-refractivity contribution in [3.05, 3.63) is 29.8 Å². The average Bonchev–Trinajstić information content (AvgIpc) is 2.46. The maximum atomic E-state index is 12.2. The Morgan fingerprint density at radius 1 is 1.25 bits per heavy atom. The molecule has 1 amide bonds. The van der Waals surface area contributed by atoms with E-state index in [2.05, 4.69) is 19.2 Å². The van der Waals surface area contributed by atoms with Crippen LogP contribution in [-0.2, 0) is 14.9 Å². The third-order valence-electron chi connectivity index (χ3n) is 4.04. The summed E-state index contributed by atoms with van der Waals surface area (Å²) >= 11 is 0. The first-order chi connectivity index (χ1) is 9.29. The minimum Gasteiger partial charge on any atom is -0.369 e. The standard InChI is InChI=1S/C16H26N2O2/c1-6-16(4,20-5)14(19)18-13-9-7-12(8-10-13)15(2,3)11-17/h7-10H,6,11,17H2,1-5H3,(H,18,19). The molecule has 1 rings (SSSR count). The van der Waals surface area contributed by atoms with Crippen LogP contribution in [0.4, 0.5) is 5.69 Å². The minimum atomic E-state index is -0.796. The average molecular weight is 278 g/mol. The Labute approximate surface area is 121 Å². The summed E-state index contributed by atoms with van der Waals surface area (Å²) in [7, 11) is 1.55. The fraction of sp³-hybridized carbons (Fsp3) is 0.562. The van der Waals surface area contributed by atoms with E-state index >= 15 is 0 Å². The number of rotatable bonds is 6. The van der Waals surface area contributed by atoms with Gasteiger partial charge in [-0.3, -0.25) is 4.79 Å². The lowest BCUT2D eigenvalue weighted by Crippen LogP contribution is -2.41. The molecule has 0 aliphatic carbocycles. The second-order valence-electron chi connectivity index (χ2n) is 5.91. The Morgan fingerprint density at radius 2 is 1.80 bits per heavy atom. The SMILES string of the molecule is CCC(C)(OC)C(=O)Nc1ccc(C(C)(C)CN)cc1. The van der Waals surface area contributed by atoms with Crippen LogP contribution in [0.3, 0.4) is 0 Å². The van der Waals surface area contributed by atoms with E-state index in [1.807, 2.05) is 31.2 Å². The van der Waals surface area contributed by atoms with Gasteiger partial charge in [-0.2, -0.15) is 0 Å². The maximum absolute atomic E-state index is 12.2. The van der Waals surface area contributed by atoms with E-state index in [-0.39, 0.29) is 11.3 Å². The van der Waals surface area contributed by atoms with E-state index in [1.54, 1.807) is 14.0 Å². The van der Waals surface area contributed by atoms with E-state index in [0.717, 1.165) is 11.3 Å². The molecule has 0 saturated carbocycles. The first-order valence-electron chi connectivity index (χ1n) is 6.96. The van der Waals surface area contributed by atoms with Crippen molar-refractivity contribution in [2.75, 3.05) is 19.0 Å². The molecular weight excluding hydrogens is 252 g/mol. The zero-order valence-corrected chi connectivity index (χ0v) is 13.1. The van der Waals surface area contributed by atoms with Crippen molar-refractivity contribution in [1.82, 2.24) is 0 Å². The molecule has 112 valence electrons. The van der Waals surface area contributed by atoms with Gasteiger partial charge in [0.25, 0.3) is 5.91 Å². The van der Waals surface area contributed by atoms with Crippen molar-refractivity contribution in [3.8, 4) is 0 Å². The van der Waals surface area contributed by atoms with Crippen LogP contribution in [-0.4, -0.2) is 25.2 Å². The number of ether oxygens (including phenoxy) is 1. The monoisotopic (exact) mass is 278 g/mol. The van der Waals surface area contributed by atoms with Gasteiger partial charge in [0, 0.05) is 24.8 Å². The van der Waals surface area contributed by atoms with Crippen LogP contribution in [0.5, 0.6) is 0 Å². The summed E-state index contributed by atoms with van der Waals surface area (Å²) in [6.45, 7) is 8.49. The zero-order chi connectivity index (χ0) is 15.4. The van der Waals surface area contributed by atoms with Crippen LogP contribution in [0.2, 0.25) is 0 Å². The molecule has 1 aromatic rings. The Balaban J connectivity index is 2.83. The smallest absolute Gasteiger partial charge is 0.256 e. The Kier molecular flexibility index (Phi) is 5.31. The van der Waals surface area contributed by atoms with Gasteiger partial charge in [0.15, 0.2) is 0 Å². The summed E-state index contributed by atoms with van der Waals surface area (Å²) in [5.74, 6) is -0.131. The number of methoxy groups -OCH3 is 1. The fourth-order valence-corrected chi connectivity index (χ4v) is 1.78. The van der Waals surface area contributed by atoms with E-state index in [9.17, 15) is 4.79 Å². The van der Waals surface area contributed by atoms with E-state index in [0.29, 0.717) is 13.0 Å². The molecule has 0 spiro atoms. The quantitative estimate of drug-likeness (QED) is 0.841. The molecule has 0 saturated heterocycles. The van der Waals surface area contributed by atoms with Crippen molar-refractivity contribution in [2.24, 2.45) is 5.73 Å². The molecule has 0 aromatic heterocycles. The second-order valence-corrected chi connectivity index (χ2v) is 5.91. The van der Waals surface area contributed by atoms with Gasteiger partial charge in [-0.25, -0.2) is 0 Å². The highest BCUT2D eigenvalue weighted by Gasteiger charge is 2.31. The summed E-state index contributed by atoms with van der Waals surface area (Å²) < 4.78 is 5.29. The maximum Gasteiger partial charge on any atom is 0.256 e. The zero-order valence-electron chi connectivity index (χ0n) is 13.1. The minimum absolute atomic E-state index is 0.0625. The third-order valence-corrected chi connectivity index (χ3v) is 4.04. The first kappa shape index (κ1) is 16.7. The van der Waals surface area contributed by atoms with E-state index in [1.165, 1.54) is 0 Å². The number of amides is 1. The summed E-state index contributed by atoms with van der Waals surface area (Å²) in [6, 6.07) is 7.80. The number of benzene rings is 1. The number of nitrogens with one attached hydrogen (secondary N) is 1. The number of anilines is 1. The second kappa shape index (κ2) is 6.37. The number of hydrogen-bond donors (Lipinski definition) is 2. The molecule has 4 nitrogen and oxygen atoms in total. The highest BCUT2D eigenvalue weighted by Crippen LogP contribution is 2.24. The number of carbonyl (C=O) groups excluding carboxylic acids is 1. The lowest BCUT2D eigenvalue weighted by Gasteiger charge is -2.26. The number of carbonyl (C=O) groups is 1. The van der Waals surface area contributed by atoms with Gasteiger partial charge in [-0.1, -0.05) is 32.9 Å². The first-order valence-corrected chi connectivity index (χ1v) is 6.96. The molecule has 0 bridgehead atoms. The van der Waals surface area contributed by atoms with Gasteiger partial charge in [-0.15, -0.1) is 0 Å². The van der Waals surface area contributed by atoms with Crippen molar-refractivity contribution in [3.63, 3.8) is 0 Å². The Bertz CT molecular complexity index is 448. The largest absolute Gasteiger partial charge is 0.369 e. The lowest BCUT2D eigenvalue weighted by molar-refractivity contribution is -0.136. The molecule has 4 heteroatoms. The van der Waals surface area contributed by atoms with Gasteiger partial charge in [0.1, 0.15) is 5.60 Å². The molecule has 1 aromatic carbocycles. The molecule has 20 heavy (non-hydrogen) atoms. The van der Waals surface area contributed by atoms with Gasteiger partial charge in [0.05, 0.1) is 0 Å². The molecule has 0 aliphatic rings. The molecule has 0 aliphatic heterocycles. The topological polar surface area (TPSA) is 64.3 Å².